The monoisotopic (exact) mass is 348 g/mol. The number of carbonyl (C=O) groups is 3. The molecule has 0 radical (unpaired) electrons. The third kappa shape index (κ3) is 2.86. The molecular weight excluding hydrogens is 332 g/mol. The zero-order valence-corrected chi connectivity index (χ0v) is 13.3. The number of hydrogen-bond acceptors (Lipinski definition) is 7. The third-order valence-electron chi connectivity index (χ3n) is 4.58. The van der Waals surface area contributed by atoms with Crippen molar-refractivity contribution in [1.82, 2.24) is 4.90 Å². The number of esters is 1. The molecule has 2 heterocycles. The van der Waals surface area contributed by atoms with Gasteiger partial charge in [0.05, 0.1) is 23.0 Å². The summed E-state index contributed by atoms with van der Waals surface area (Å²) in [6.45, 7) is 1.32. The van der Waals surface area contributed by atoms with E-state index in [1.54, 1.807) is 0 Å². The van der Waals surface area contributed by atoms with Gasteiger partial charge in [0.15, 0.2) is 11.8 Å². The van der Waals surface area contributed by atoms with Gasteiger partial charge in [0.2, 0.25) is 5.91 Å². The summed E-state index contributed by atoms with van der Waals surface area (Å²) in [6, 6.07) is 3.73. The number of ketones is 1. The van der Waals surface area contributed by atoms with E-state index in [2.05, 4.69) is 0 Å². The molecule has 3 rings (SSSR count). The number of aliphatic hydroxyl groups excluding tert-OH is 1. The lowest BCUT2D eigenvalue weighted by Gasteiger charge is -2.45. The van der Waals surface area contributed by atoms with Gasteiger partial charge in [-0.05, 0) is 24.6 Å². The van der Waals surface area contributed by atoms with Crippen molar-refractivity contribution < 1.29 is 29.2 Å². The van der Waals surface area contributed by atoms with E-state index in [1.165, 1.54) is 36.1 Å². The van der Waals surface area contributed by atoms with E-state index < -0.39 is 46.7 Å². The Labute approximate surface area is 142 Å². The van der Waals surface area contributed by atoms with Gasteiger partial charge in [0.25, 0.3) is 5.69 Å². The molecule has 1 N–H and O–H groups in total. The number of hydrogen-bond donors (Lipinski definition) is 1. The predicted octanol–water partition coefficient (Wildman–Crippen LogP) is 0.187. The first-order valence-electron chi connectivity index (χ1n) is 7.74. The fraction of sp³-hybridized carbons (Fsp3) is 0.438. The largest absolute Gasteiger partial charge is 0.459 e. The average Bonchev–Trinajstić information content (AvgIpc) is 2.85. The van der Waals surface area contributed by atoms with Crippen molar-refractivity contribution in [3.63, 3.8) is 0 Å². The highest BCUT2D eigenvalue weighted by molar-refractivity contribution is 6.11. The molecule has 2 aliphatic heterocycles. The van der Waals surface area contributed by atoms with E-state index in [0.29, 0.717) is 5.56 Å². The molecule has 0 aliphatic carbocycles. The molecule has 0 bridgehead atoms. The number of amides is 1. The maximum Gasteiger partial charge on any atom is 0.337 e. The van der Waals surface area contributed by atoms with Crippen molar-refractivity contribution in [3.8, 4) is 0 Å². The van der Waals surface area contributed by atoms with Crippen molar-refractivity contribution in [1.29, 1.82) is 0 Å². The predicted molar refractivity (Wildman–Crippen MR) is 82.1 cm³/mol. The van der Waals surface area contributed by atoms with Gasteiger partial charge in [-0.25, -0.2) is 4.79 Å². The molecule has 0 unspecified atom stereocenters. The van der Waals surface area contributed by atoms with Crippen LogP contribution < -0.4 is 0 Å². The summed E-state index contributed by atoms with van der Waals surface area (Å²) in [5.41, 5.74) is 0.442. The van der Waals surface area contributed by atoms with Gasteiger partial charge in [-0.1, -0.05) is 0 Å². The van der Waals surface area contributed by atoms with Crippen LogP contribution in [0.2, 0.25) is 0 Å². The van der Waals surface area contributed by atoms with Crippen LogP contribution in [-0.2, 0) is 25.7 Å². The molecule has 4 atom stereocenters. The van der Waals surface area contributed by atoms with Gasteiger partial charge in [-0.15, -0.1) is 0 Å². The number of nitro groups is 1. The van der Waals surface area contributed by atoms with E-state index in [-0.39, 0.29) is 18.7 Å². The third-order valence-corrected chi connectivity index (χ3v) is 4.58. The summed E-state index contributed by atoms with van der Waals surface area (Å²) in [7, 11) is 0. The van der Waals surface area contributed by atoms with Gasteiger partial charge in [0, 0.05) is 18.6 Å². The molecule has 1 aromatic rings. The van der Waals surface area contributed by atoms with Gasteiger partial charge < -0.3 is 14.7 Å². The van der Waals surface area contributed by atoms with Crippen molar-refractivity contribution in [3.05, 3.63) is 39.9 Å². The highest BCUT2D eigenvalue weighted by Crippen LogP contribution is 2.40. The van der Waals surface area contributed by atoms with E-state index in [9.17, 15) is 29.6 Å². The first-order valence-corrected chi connectivity index (χ1v) is 7.74. The zero-order chi connectivity index (χ0) is 18.3. The van der Waals surface area contributed by atoms with Crippen molar-refractivity contribution in [2.45, 2.75) is 38.1 Å². The fourth-order valence-electron chi connectivity index (χ4n) is 3.33. The Kier molecular flexibility index (Phi) is 4.25. The van der Waals surface area contributed by atoms with Crippen LogP contribution in [0.25, 0.3) is 0 Å². The lowest BCUT2D eigenvalue weighted by Crippen LogP contribution is -2.64. The summed E-state index contributed by atoms with van der Waals surface area (Å²) in [6.07, 6.45) is -0.852. The van der Waals surface area contributed by atoms with Crippen LogP contribution in [0.15, 0.2) is 24.3 Å². The minimum absolute atomic E-state index is 0.0264. The molecule has 0 aromatic heterocycles. The molecule has 132 valence electrons. The second-order valence-corrected chi connectivity index (χ2v) is 6.18. The number of β-lactam (4-membered cyclic amide) rings is 1. The molecule has 2 fully saturated rings. The summed E-state index contributed by atoms with van der Waals surface area (Å²) < 4.78 is 5.09. The maximum absolute atomic E-state index is 12.2. The lowest BCUT2D eigenvalue weighted by molar-refractivity contribution is -0.384. The van der Waals surface area contributed by atoms with Crippen LogP contribution in [0.5, 0.6) is 0 Å². The van der Waals surface area contributed by atoms with Crippen LogP contribution >= 0.6 is 0 Å². The standard InChI is InChI=1S/C16H16N2O7/c1-8(19)13-11-6-12(20)14(17(11)15(13)21)16(22)25-7-9-2-4-10(5-3-9)18(23)24/h2-5,8,11,13-14,19H,6-7H2,1H3/t8-,11+,13-,14+/m0/s1. The summed E-state index contributed by atoms with van der Waals surface area (Å²) in [5, 5.41) is 20.2. The topological polar surface area (TPSA) is 127 Å². The molecule has 9 nitrogen and oxygen atoms in total. The second kappa shape index (κ2) is 6.25. The van der Waals surface area contributed by atoms with E-state index >= 15 is 0 Å². The van der Waals surface area contributed by atoms with Crippen LogP contribution in [0.1, 0.15) is 18.9 Å². The Morgan fingerprint density at radius 3 is 2.60 bits per heavy atom. The Hall–Kier alpha value is -2.81. The quantitative estimate of drug-likeness (QED) is 0.264. The number of fused-ring (bicyclic) bond motifs is 1. The smallest absolute Gasteiger partial charge is 0.337 e. The normalized spacial score (nSPS) is 26.0. The SMILES string of the molecule is C[C@H](O)[C@@H]1C(=O)N2[C@@H](C(=O)OCc3ccc([N+](=O)[O-])cc3)C(=O)C[C@H]12. The number of aliphatic hydroxyl groups is 1. The molecule has 2 saturated heterocycles. The van der Waals surface area contributed by atoms with E-state index in [1.807, 2.05) is 0 Å². The van der Waals surface area contributed by atoms with Crippen molar-refractivity contribution in [2.75, 3.05) is 0 Å². The molecule has 9 heteroatoms. The van der Waals surface area contributed by atoms with Crippen molar-refractivity contribution >= 4 is 23.3 Å². The second-order valence-electron chi connectivity index (χ2n) is 6.18. The summed E-state index contributed by atoms with van der Waals surface area (Å²) in [4.78, 5) is 47.6. The Morgan fingerprint density at radius 1 is 1.40 bits per heavy atom. The van der Waals surface area contributed by atoms with Gasteiger partial charge in [-0.2, -0.15) is 0 Å². The van der Waals surface area contributed by atoms with E-state index in [4.69, 9.17) is 4.74 Å². The molecule has 0 spiro atoms. The van der Waals surface area contributed by atoms with Gasteiger partial charge in [0.1, 0.15) is 6.61 Å². The van der Waals surface area contributed by atoms with Crippen LogP contribution in [0.4, 0.5) is 5.69 Å². The van der Waals surface area contributed by atoms with Crippen LogP contribution in [0.3, 0.4) is 0 Å². The van der Waals surface area contributed by atoms with Gasteiger partial charge >= 0.3 is 5.97 Å². The summed E-state index contributed by atoms with van der Waals surface area (Å²) in [5.74, 6) is -2.32. The highest BCUT2D eigenvalue weighted by atomic mass is 16.6. The number of rotatable bonds is 5. The Bertz CT molecular complexity index is 743. The Morgan fingerprint density at radius 2 is 2.04 bits per heavy atom. The fourth-order valence-corrected chi connectivity index (χ4v) is 3.33. The molecule has 2 aliphatic rings. The molecule has 1 aromatic carbocycles. The molecule has 0 saturated carbocycles. The number of ether oxygens (including phenoxy) is 1. The molecule has 25 heavy (non-hydrogen) atoms. The highest BCUT2D eigenvalue weighted by Gasteiger charge is 2.61. The first kappa shape index (κ1) is 17.0. The summed E-state index contributed by atoms with van der Waals surface area (Å²) >= 11 is 0. The average molecular weight is 348 g/mol. The van der Waals surface area contributed by atoms with E-state index in [0.717, 1.165) is 0 Å². The number of nitrogens with zero attached hydrogens (tertiary/aromatic N) is 2. The van der Waals surface area contributed by atoms with Crippen LogP contribution in [-0.4, -0.2) is 50.8 Å². The first-order chi connectivity index (χ1) is 11.8. The minimum atomic E-state index is -1.27. The van der Waals surface area contributed by atoms with Crippen LogP contribution in [0, 0.1) is 16.0 Å². The lowest BCUT2D eigenvalue weighted by atomic mass is 9.84. The maximum atomic E-state index is 12.2. The molecule has 1 amide bonds. The number of Topliss-reactive ketones (excluding diaryl/α,β-unsaturated/α-hetero) is 1. The van der Waals surface area contributed by atoms with Crippen molar-refractivity contribution in [2.24, 2.45) is 5.92 Å². The zero-order valence-electron chi connectivity index (χ0n) is 13.3. The number of nitro benzene ring substituents is 1. The van der Waals surface area contributed by atoms with Gasteiger partial charge in [-0.3, -0.25) is 19.7 Å². The number of non-ortho nitro benzene ring substituents is 1. The number of benzene rings is 1. The number of carbonyl (C=O) groups excluding carboxylic acids is 3. The molecular formula is C16H16N2O7. The Balaban J connectivity index is 1.63. The minimum Gasteiger partial charge on any atom is -0.459 e.